The molecule has 3 aliphatic heterocycles. The molecule has 254 valence electrons. The van der Waals surface area contributed by atoms with Crippen LogP contribution < -0.4 is 20.4 Å². The first-order valence-corrected chi connectivity index (χ1v) is 18.0. The maximum Gasteiger partial charge on any atom is 0.259 e. The Kier molecular flexibility index (Phi) is 8.61. The first kappa shape index (κ1) is 31.9. The average molecular weight is 680 g/mol. The van der Waals surface area contributed by atoms with Crippen molar-refractivity contribution < 1.29 is 24.2 Å². The lowest BCUT2D eigenvalue weighted by molar-refractivity contribution is -0.139. The van der Waals surface area contributed by atoms with E-state index in [4.69, 9.17) is 9.47 Å². The minimum absolute atomic E-state index is 0.104. The van der Waals surface area contributed by atoms with Crippen LogP contribution in [0.4, 0.5) is 22.2 Å². The van der Waals surface area contributed by atoms with Crippen LogP contribution in [0.5, 0.6) is 0 Å². The molecule has 1 atom stereocenters. The van der Waals surface area contributed by atoms with E-state index in [1.807, 2.05) is 48.4 Å². The number of anilines is 4. The van der Waals surface area contributed by atoms with Crippen molar-refractivity contribution >= 4 is 45.3 Å². The molecule has 5 heterocycles. The van der Waals surface area contributed by atoms with Gasteiger partial charge in [0.1, 0.15) is 5.82 Å². The topological polar surface area (TPSA) is 116 Å². The molecular formula is C38H41N5O5S. The van der Waals surface area contributed by atoms with Gasteiger partial charge in [-0.3, -0.25) is 9.59 Å². The monoisotopic (exact) mass is 679 g/mol. The quantitative estimate of drug-likeness (QED) is 0.182. The molecule has 2 aromatic heterocycles. The number of amides is 2. The van der Waals surface area contributed by atoms with Crippen LogP contribution in [0.25, 0.3) is 10.4 Å². The van der Waals surface area contributed by atoms with Crippen molar-refractivity contribution in [3.8, 4) is 10.4 Å². The molecule has 2 saturated heterocycles. The Balaban J connectivity index is 0.955. The lowest BCUT2D eigenvalue weighted by Gasteiger charge is -2.53. The van der Waals surface area contributed by atoms with Gasteiger partial charge >= 0.3 is 0 Å². The number of aliphatic hydroxyl groups excluding tert-OH is 1. The van der Waals surface area contributed by atoms with Gasteiger partial charge in [-0.05, 0) is 99.0 Å². The fraction of sp³-hybridized carbons (Fsp3) is 0.395. The lowest BCUT2D eigenvalue weighted by atomic mass is 9.73. The molecule has 1 aliphatic carbocycles. The summed E-state index contributed by atoms with van der Waals surface area (Å²) in [5, 5.41) is 17.4. The van der Waals surface area contributed by atoms with Gasteiger partial charge in [-0.25, -0.2) is 4.98 Å². The maximum absolute atomic E-state index is 14.0. The largest absolute Gasteiger partial charge is 0.381 e. The fourth-order valence-corrected chi connectivity index (χ4v) is 8.44. The van der Waals surface area contributed by atoms with Gasteiger partial charge in [0.15, 0.2) is 0 Å². The summed E-state index contributed by atoms with van der Waals surface area (Å²) in [5.74, 6) is 0.386. The Morgan fingerprint density at radius 3 is 2.61 bits per heavy atom. The van der Waals surface area contributed by atoms with E-state index in [1.54, 1.807) is 35.6 Å². The number of ether oxygens (including phenoxy) is 2. The molecule has 2 aromatic carbocycles. The van der Waals surface area contributed by atoms with E-state index in [2.05, 4.69) is 26.6 Å². The van der Waals surface area contributed by atoms with Crippen molar-refractivity contribution in [2.24, 2.45) is 5.41 Å². The Bertz CT molecular complexity index is 1860. The molecule has 4 aromatic rings. The third kappa shape index (κ3) is 6.43. The number of nitrogens with zero attached hydrogens (tertiary/aromatic N) is 3. The van der Waals surface area contributed by atoms with Crippen LogP contribution in [-0.4, -0.2) is 67.3 Å². The number of aryl methyl sites for hydroxylation is 1. The Morgan fingerprint density at radius 1 is 1.08 bits per heavy atom. The summed E-state index contributed by atoms with van der Waals surface area (Å²) in [6.45, 7) is 5.80. The molecule has 1 unspecified atom stereocenters. The van der Waals surface area contributed by atoms with Crippen molar-refractivity contribution in [2.45, 2.75) is 58.0 Å². The third-order valence-electron chi connectivity index (χ3n) is 10.3. The molecule has 8 rings (SSSR count). The molecule has 11 heteroatoms. The van der Waals surface area contributed by atoms with Gasteiger partial charge in [-0.15, -0.1) is 11.3 Å². The van der Waals surface area contributed by atoms with Gasteiger partial charge in [0.05, 0.1) is 22.4 Å². The van der Waals surface area contributed by atoms with Crippen LogP contribution >= 0.6 is 11.3 Å². The summed E-state index contributed by atoms with van der Waals surface area (Å²) < 4.78 is 11.2. The summed E-state index contributed by atoms with van der Waals surface area (Å²) in [7, 11) is 0. The highest BCUT2D eigenvalue weighted by Gasteiger charge is 2.45. The normalized spacial score (nSPS) is 18.8. The number of aromatic nitrogens is 1. The van der Waals surface area contributed by atoms with Crippen molar-refractivity contribution in [3.05, 3.63) is 89.1 Å². The Labute approximate surface area is 290 Å². The predicted molar refractivity (Wildman–Crippen MR) is 192 cm³/mol. The number of aliphatic hydroxyl groups is 1. The highest BCUT2D eigenvalue weighted by molar-refractivity contribution is 7.19. The molecule has 2 amide bonds. The average Bonchev–Trinajstić information content (AvgIpc) is 3.41. The molecule has 4 aliphatic rings. The van der Waals surface area contributed by atoms with Crippen LogP contribution in [0.1, 0.15) is 63.9 Å². The number of benzene rings is 2. The van der Waals surface area contributed by atoms with E-state index >= 15 is 0 Å². The number of para-hydroxylation sites is 1. The molecule has 49 heavy (non-hydrogen) atoms. The van der Waals surface area contributed by atoms with E-state index in [1.165, 1.54) is 0 Å². The summed E-state index contributed by atoms with van der Waals surface area (Å²) in [6.07, 6.45) is 6.74. The number of thiophene rings is 1. The van der Waals surface area contributed by atoms with Crippen LogP contribution in [0.15, 0.2) is 66.9 Å². The zero-order chi connectivity index (χ0) is 33.5. The summed E-state index contributed by atoms with van der Waals surface area (Å²) in [5.41, 5.74) is 5.82. The van der Waals surface area contributed by atoms with Crippen molar-refractivity contribution in [1.82, 2.24) is 4.98 Å². The van der Waals surface area contributed by atoms with E-state index in [-0.39, 0.29) is 23.3 Å². The number of pyridine rings is 1. The van der Waals surface area contributed by atoms with Crippen LogP contribution in [0.3, 0.4) is 0 Å². The Hall–Kier alpha value is -4.29. The molecule has 1 spiro atoms. The molecule has 3 fully saturated rings. The van der Waals surface area contributed by atoms with Crippen molar-refractivity contribution in [2.75, 3.05) is 53.3 Å². The standard InChI is InChI=1S/C38H41N5O5S/c1-24-19-30(34(39-21-24)42-22-38(23-42)14-17-47-18-15-38)35(44)40-27-11-9-25(10-12-27)36(45)43-16-13-26-20-32(41-37(46)48-28-5-4-6-28)49-33(26)29-7-2-3-8-31(29)43/h2-3,7-12,19-21,28,37,41,46H,4-6,13-18,22-23H2,1H3,(H,40,44). The highest BCUT2D eigenvalue weighted by Crippen LogP contribution is 2.44. The number of hydrogen-bond acceptors (Lipinski definition) is 9. The van der Waals surface area contributed by atoms with Crippen LogP contribution in [0, 0.1) is 12.3 Å². The van der Waals surface area contributed by atoms with E-state index in [0.29, 0.717) is 35.6 Å². The third-order valence-corrected chi connectivity index (χ3v) is 11.4. The van der Waals surface area contributed by atoms with Gasteiger partial charge in [0, 0.05) is 66.2 Å². The lowest BCUT2D eigenvalue weighted by Crippen LogP contribution is -2.59. The summed E-state index contributed by atoms with van der Waals surface area (Å²) in [6, 6.07) is 19.0. The molecule has 3 N–H and O–H groups in total. The number of hydrogen-bond donors (Lipinski definition) is 3. The number of carbonyl (C=O) groups is 2. The van der Waals surface area contributed by atoms with Crippen LogP contribution in [0.2, 0.25) is 0 Å². The van der Waals surface area contributed by atoms with E-state index in [0.717, 1.165) is 90.7 Å². The minimum Gasteiger partial charge on any atom is -0.381 e. The number of rotatable bonds is 8. The first-order valence-electron chi connectivity index (χ1n) is 17.2. The van der Waals surface area contributed by atoms with Gasteiger partial charge < -0.3 is 35.0 Å². The first-order chi connectivity index (χ1) is 23.8. The molecule has 0 radical (unpaired) electrons. The van der Waals surface area contributed by atoms with Crippen LogP contribution in [-0.2, 0) is 15.9 Å². The second-order valence-corrected chi connectivity index (χ2v) is 14.8. The predicted octanol–water partition coefficient (Wildman–Crippen LogP) is 6.45. The minimum atomic E-state index is -1.05. The van der Waals surface area contributed by atoms with Gasteiger partial charge in [0.25, 0.3) is 11.8 Å². The maximum atomic E-state index is 14.0. The smallest absolute Gasteiger partial charge is 0.259 e. The zero-order valence-corrected chi connectivity index (χ0v) is 28.4. The summed E-state index contributed by atoms with van der Waals surface area (Å²) >= 11 is 1.56. The zero-order valence-electron chi connectivity index (χ0n) is 27.6. The molecule has 0 bridgehead atoms. The SMILES string of the molecule is Cc1cnc(N2CC3(CCOCC3)C2)c(C(=O)Nc2ccc(C(=O)N3CCc4cc(NC(O)OC5CCC5)sc4-c4ccccc43)cc2)c1. The van der Waals surface area contributed by atoms with E-state index < -0.39 is 6.41 Å². The Morgan fingerprint density at radius 2 is 1.86 bits per heavy atom. The number of nitrogens with one attached hydrogen (secondary N) is 2. The number of fused-ring (bicyclic) bond motifs is 3. The van der Waals surface area contributed by atoms with Gasteiger partial charge in [-0.1, -0.05) is 18.2 Å². The van der Waals surface area contributed by atoms with Gasteiger partial charge in [-0.2, -0.15) is 0 Å². The highest BCUT2D eigenvalue weighted by atomic mass is 32.1. The van der Waals surface area contributed by atoms with Gasteiger partial charge in [0.2, 0.25) is 6.41 Å². The summed E-state index contributed by atoms with van der Waals surface area (Å²) in [4.78, 5) is 37.3. The van der Waals surface area contributed by atoms with E-state index in [9.17, 15) is 14.7 Å². The second kappa shape index (κ2) is 13.2. The second-order valence-electron chi connectivity index (χ2n) is 13.8. The van der Waals surface area contributed by atoms with Crippen molar-refractivity contribution in [3.63, 3.8) is 0 Å². The molecular weight excluding hydrogens is 639 g/mol. The molecule has 10 nitrogen and oxygen atoms in total. The number of carbonyl (C=O) groups excluding carboxylic acids is 2. The molecule has 1 saturated carbocycles. The van der Waals surface area contributed by atoms with Crippen molar-refractivity contribution in [1.29, 1.82) is 0 Å². The fourth-order valence-electron chi connectivity index (χ4n) is 7.29.